The summed E-state index contributed by atoms with van der Waals surface area (Å²) in [5, 5.41) is 9.97. The van der Waals surface area contributed by atoms with Crippen molar-refractivity contribution >= 4 is 0 Å². The van der Waals surface area contributed by atoms with E-state index in [1.165, 1.54) is 180 Å². The van der Waals surface area contributed by atoms with Gasteiger partial charge in [0.2, 0.25) is 0 Å². The predicted molar refractivity (Wildman–Crippen MR) is 156 cm³/mol. The highest BCUT2D eigenvalue weighted by Crippen LogP contribution is 2.31. The molecular formula is C33H68O. The molecule has 0 aromatic rings. The van der Waals surface area contributed by atoms with E-state index in [9.17, 15) is 5.11 Å². The first-order valence-corrected chi connectivity index (χ1v) is 16.3. The van der Waals surface area contributed by atoms with Crippen LogP contribution in [0.25, 0.3) is 0 Å². The van der Waals surface area contributed by atoms with Crippen LogP contribution >= 0.6 is 0 Å². The third kappa shape index (κ3) is 25.1. The second kappa shape index (κ2) is 27.5. The van der Waals surface area contributed by atoms with Crippen LogP contribution in [0, 0.1) is 5.41 Å². The summed E-state index contributed by atoms with van der Waals surface area (Å²) in [6.45, 7) is 7.30. The Bertz CT molecular complexity index is 366. The van der Waals surface area contributed by atoms with Gasteiger partial charge in [-0.2, -0.15) is 0 Å². The van der Waals surface area contributed by atoms with E-state index in [2.05, 4.69) is 20.8 Å². The summed E-state index contributed by atoms with van der Waals surface area (Å²) < 4.78 is 0. The Kier molecular flexibility index (Phi) is 27.5. The maximum Gasteiger partial charge on any atom is 0.0484 e. The first kappa shape index (κ1) is 34.0. The average molecular weight is 481 g/mol. The van der Waals surface area contributed by atoms with Crippen molar-refractivity contribution in [2.24, 2.45) is 5.41 Å². The fourth-order valence-corrected chi connectivity index (χ4v) is 5.42. The third-order valence-electron chi connectivity index (χ3n) is 8.15. The average Bonchev–Trinajstić information content (AvgIpc) is 2.85. The van der Waals surface area contributed by atoms with E-state index in [1.54, 1.807) is 0 Å². The van der Waals surface area contributed by atoms with Crippen molar-refractivity contribution in [2.45, 2.75) is 201 Å². The Hall–Kier alpha value is -0.0400. The van der Waals surface area contributed by atoms with Crippen LogP contribution in [0.15, 0.2) is 0 Å². The molecule has 0 bridgehead atoms. The van der Waals surface area contributed by atoms with Crippen molar-refractivity contribution in [3.8, 4) is 0 Å². The zero-order chi connectivity index (χ0) is 25.0. The van der Waals surface area contributed by atoms with Gasteiger partial charge in [-0.05, 0) is 18.3 Å². The molecular weight excluding hydrogens is 412 g/mol. The van der Waals surface area contributed by atoms with Crippen molar-refractivity contribution in [1.29, 1.82) is 0 Å². The molecule has 0 saturated heterocycles. The molecule has 0 fully saturated rings. The molecule has 0 amide bonds. The molecule has 1 atom stereocenters. The van der Waals surface area contributed by atoms with Crippen molar-refractivity contribution in [1.82, 2.24) is 0 Å². The van der Waals surface area contributed by atoms with Gasteiger partial charge >= 0.3 is 0 Å². The highest BCUT2D eigenvalue weighted by atomic mass is 16.3. The molecule has 0 aliphatic rings. The standard InChI is InChI=1S/C33H68O/c1-4-6-8-10-12-14-16-18-19-21-23-25-27-29-31-33(3,32-34)30-28-26-24-22-20-17-15-13-11-9-7-5-2/h34H,4-32H2,1-3H3/t33-/m0/s1. The van der Waals surface area contributed by atoms with Gasteiger partial charge in [0.25, 0.3) is 0 Å². The fourth-order valence-electron chi connectivity index (χ4n) is 5.42. The quantitative estimate of drug-likeness (QED) is 0.105. The molecule has 0 aromatic heterocycles. The van der Waals surface area contributed by atoms with Gasteiger partial charge in [0, 0.05) is 6.61 Å². The molecule has 0 saturated carbocycles. The van der Waals surface area contributed by atoms with E-state index < -0.39 is 0 Å². The van der Waals surface area contributed by atoms with Gasteiger partial charge < -0.3 is 5.11 Å². The Labute approximate surface area is 217 Å². The van der Waals surface area contributed by atoms with Crippen molar-refractivity contribution in [3.05, 3.63) is 0 Å². The lowest BCUT2D eigenvalue weighted by Crippen LogP contribution is -2.21. The van der Waals surface area contributed by atoms with E-state index in [0.717, 1.165) is 0 Å². The topological polar surface area (TPSA) is 20.2 Å². The molecule has 0 heterocycles. The van der Waals surface area contributed by atoms with Gasteiger partial charge in [-0.1, -0.05) is 188 Å². The summed E-state index contributed by atoms with van der Waals surface area (Å²) in [5.41, 5.74) is 0.176. The van der Waals surface area contributed by atoms with Crippen LogP contribution in [0.3, 0.4) is 0 Å². The number of hydrogen-bond acceptors (Lipinski definition) is 1. The van der Waals surface area contributed by atoms with E-state index in [4.69, 9.17) is 0 Å². The monoisotopic (exact) mass is 481 g/mol. The summed E-state index contributed by atoms with van der Waals surface area (Å²) in [6, 6.07) is 0. The first-order chi connectivity index (χ1) is 16.7. The van der Waals surface area contributed by atoms with Crippen molar-refractivity contribution in [3.63, 3.8) is 0 Å². The summed E-state index contributed by atoms with van der Waals surface area (Å²) in [5.74, 6) is 0. The number of hydrogen-bond donors (Lipinski definition) is 1. The third-order valence-corrected chi connectivity index (χ3v) is 8.15. The Morgan fingerprint density at radius 1 is 0.353 bits per heavy atom. The molecule has 1 nitrogen and oxygen atoms in total. The second-order valence-electron chi connectivity index (χ2n) is 12.0. The first-order valence-electron chi connectivity index (χ1n) is 16.3. The number of aliphatic hydroxyl groups excluding tert-OH is 1. The van der Waals surface area contributed by atoms with Crippen LogP contribution in [0.4, 0.5) is 0 Å². The summed E-state index contributed by atoms with van der Waals surface area (Å²) in [7, 11) is 0. The highest BCUT2D eigenvalue weighted by molar-refractivity contribution is 4.73. The van der Waals surface area contributed by atoms with Gasteiger partial charge in [-0.15, -0.1) is 0 Å². The predicted octanol–water partition coefficient (Wildman–Crippen LogP) is 11.9. The zero-order valence-electron chi connectivity index (χ0n) is 24.5. The lowest BCUT2D eigenvalue weighted by molar-refractivity contribution is 0.116. The minimum Gasteiger partial charge on any atom is -0.396 e. The van der Waals surface area contributed by atoms with Crippen LogP contribution in [-0.4, -0.2) is 11.7 Å². The van der Waals surface area contributed by atoms with Crippen LogP contribution in [0.5, 0.6) is 0 Å². The minimum atomic E-state index is 0.176. The fraction of sp³-hybridized carbons (Fsp3) is 1.00. The molecule has 0 aliphatic carbocycles. The van der Waals surface area contributed by atoms with E-state index in [0.29, 0.717) is 6.61 Å². The largest absolute Gasteiger partial charge is 0.396 e. The summed E-state index contributed by atoms with van der Waals surface area (Å²) in [6.07, 6.45) is 39.3. The van der Waals surface area contributed by atoms with Gasteiger partial charge in [0.15, 0.2) is 0 Å². The molecule has 0 spiro atoms. The normalized spacial score (nSPS) is 13.4. The van der Waals surface area contributed by atoms with Crippen molar-refractivity contribution in [2.75, 3.05) is 6.61 Å². The lowest BCUT2D eigenvalue weighted by atomic mass is 9.80. The molecule has 0 rings (SSSR count). The number of unbranched alkanes of at least 4 members (excludes halogenated alkanes) is 24. The van der Waals surface area contributed by atoms with Gasteiger partial charge in [0.1, 0.15) is 0 Å². The summed E-state index contributed by atoms with van der Waals surface area (Å²) >= 11 is 0. The van der Waals surface area contributed by atoms with Gasteiger partial charge in [-0.25, -0.2) is 0 Å². The Morgan fingerprint density at radius 3 is 0.765 bits per heavy atom. The zero-order valence-corrected chi connectivity index (χ0v) is 24.5. The maximum atomic E-state index is 9.97. The van der Waals surface area contributed by atoms with Crippen LogP contribution in [0.2, 0.25) is 0 Å². The van der Waals surface area contributed by atoms with E-state index >= 15 is 0 Å². The molecule has 1 N–H and O–H groups in total. The SMILES string of the molecule is CCCCCCCCCCCCCCCC[C@@](C)(CO)CCCCCCCCCCCCCC. The maximum absolute atomic E-state index is 9.97. The molecule has 1 heteroatoms. The second-order valence-corrected chi connectivity index (χ2v) is 12.0. The van der Waals surface area contributed by atoms with Crippen LogP contribution in [0.1, 0.15) is 201 Å². The highest BCUT2D eigenvalue weighted by Gasteiger charge is 2.22. The molecule has 0 aromatic carbocycles. The lowest BCUT2D eigenvalue weighted by Gasteiger charge is -2.27. The smallest absolute Gasteiger partial charge is 0.0484 e. The number of rotatable bonds is 29. The van der Waals surface area contributed by atoms with Crippen LogP contribution < -0.4 is 0 Å². The Balaban J connectivity index is 3.42. The molecule has 206 valence electrons. The molecule has 0 aliphatic heterocycles. The van der Waals surface area contributed by atoms with Gasteiger partial charge in [0.05, 0.1) is 0 Å². The number of aliphatic hydroxyl groups is 1. The minimum absolute atomic E-state index is 0.176. The molecule has 0 radical (unpaired) electrons. The van der Waals surface area contributed by atoms with E-state index in [1.807, 2.05) is 0 Å². The van der Waals surface area contributed by atoms with Crippen molar-refractivity contribution < 1.29 is 5.11 Å². The van der Waals surface area contributed by atoms with Crippen LogP contribution in [-0.2, 0) is 0 Å². The molecule has 34 heavy (non-hydrogen) atoms. The Morgan fingerprint density at radius 2 is 0.559 bits per heavy atom. The van der Waals surface area contributed by atoms with E-state index in [-0.39, 0.29) is 5.41 Å². The van der Waals surface area contributed by atoms with Gasteiger partial charge in [-0.3, -0.25) is 0 Å². The molecule has 0 unspecified atom stereocenters. The summed E-state index contributed by atoms with van der Waals surface area (Å²) in [4.78, 5) is 0.